The van der Waals surface area contributed by atoms with Gasteiger partial charge in [0.25, 0.3) is 0 Å². The van der Waals surface area contributed by atoms with Crippen molar-refractivity contribution in [3.63, 3.8) is 0 Å². The lowest BCUT2D eigenvalue weighted by Gasteiger charge is -2.22. The Kier molecular flexibility index (Phi) is 5.23. The minimum absolute atomic E-state index is 0.0560. The number of urea groups is 1. The zero-order valence-corrected chi connectivity index (χ0v) is 14.0. The summed E-state index contributed by atoms with van der Waals surface area (Å²) >= 11 is 0. The number of hydrogen-bond acceptors (Lipinski definition) is 3. The first kappa shape index (κ1) is 17.5. The van der Waals surface area contributed by atoms with Gasteiger partial charge in [-0.25, -0.2) is 9.48 Å². The zero-order chi connectivity index (χ0) is 17.7. The van der Waals surface area contributed by atoms with Crippen LogP contribution in [0.3, 0.4) is 0 Å². The number of nitrogens with zero attached hydrogens (tertiary/aromatic N) is 2. The van der Waals surface area contributed by atoms with Crippen molar-refractivity contribution in [2.75, 3.05) is 10.6 Å². The number of nitrogens with one attached hydrogen (secondary N) is 2. The molecule has 0 saturated heterocycles. The molecule has 2 rings (SSSR count). The molecule has 1 heterocycles. The summed E-state index contributed by atoms with van der Waals surface area (Å²) in [6.45, 7) is 5.99. The SMILES string of the molecule is CC(C)(C)n1nccc1NC(=O)Nc1cccc(CCC(=O)O)c1. The lowest BCUT2D eigenvalue weighted by Crippen LogP contribution is -2.28. The van der Waals surface area contributed by atoms with Crippen molar-refractivity contribution >= 4 is 23.5 Å². The van der Waals surface area contributed by atoms with Crippen LogP contribution in [0.25, 0.3) is 0 Å². The number of amides is 2. The van der Waals surface area contributed by atoms with Crippen LogP contribution in [0, 0.1) is 0 Å². The number of aliphatic carboxylic acids is 1. The van der Waals surface area contributed by atoms with E-state index in [1.807, 2.05) is 26.8 Å². The van der Waals surface area contributed by atoms with E-state index >= 15 is 0 Å². The van der Waals surface area contributed by atoms with Gasteiger partial charge in [-0.2, -0.15) is 5.10 Å². The normalized spacial score (nSPS) is 11.1. The molecule has 2 amide bonds. The number of rotatable bonds is 5. The zero-order valence-electron chi connectivity index (χ0n) is 14.0. The van der Waals surface area contributed by atoms with Crippen LogP contribution in [0.4, 0.5) is 16.3 Å². The Bertz CT molecular complexity index is 731. The molecule has 0 bridgehead atoms. The highest BCUT2D eigenvalue weighted by atomic mass is 16.4. The number of aromatic nitrogens is 2. The Morgan fingerprint density at radius 3 is 2.62 bits per heavy atom. The summed E-state index contributed by atoms with van der Waals surface area (Å²) in [6, 6.07) is 8.49. The number of anilines is 2. The van der Waals surface area contributed by atoms with Gasteiger partial charge in [0.2, 0.25) is 0 Å². The van der Waals surface area contributed by atoms with Crippen molar-refractivity contribution in [2.24, 2.45) is 0 Å². The smallest absolute Gasteiger partial charge is 0.324 e. The first-order valence-electron chi connectivity index (χ1n) is 7.69. The molecule has 1 aromatic heterocycles. The summed E-state index contributed by atoms with van der Waals surface area (Å²) in [5, 5.41) is 18.5. The van der Waals surface area contributed by atoms with E-state index < -0.39 is 5.97 Å². The molecule has 7 nitrogen and oxygen atoms in total. The fraction of sp³-hybridized carbons (Fsp3) is 0.353. The first-order valence-corrected chi connectivity index (χ1v) is 7.69. The average Bonchev–Trinajstić information content (AvgIpc) is 2.93. The van der Waals surface area contributed by atoms with E-state index in [2.05, 4.69) is 15.7 Å². The summed E-state index contributed by atoms with van der Waals surface area (Å²) in [6.07, 6.45) is 2.11. The van der Waals surface area contributed by atoms with Crippen LogP contribution in [0.5, 0.6) is 0 Å². The summed E-state index contributed by atoms with van der Waals surface area (Å²) in [4.78, 5) is 22.8. The van der Waals surface area contributed by atoms with E-state index in [-0.39, 0.29) is 18.0 Å². The molecule has 128 valence electrons. The minimum atomic E-state index is -0.846. The van der Waals surface area contributed by atoms with Crippen molar-refractivity contribution < 1.29 is 14.7 Å². The molecule has 0 radical (unpaired) electrons. The number of carboxylic acid groups (broad SMARTS) is 1. The second-order valence-electron chi connectivity index (χ2n) is 6.47. The molecule has 1 aromatic carbocycles. The van der Waals surface area contributed by atoms with Gasteiger partial charge in [-0.05, 0) is 44.9 Å². The molecule has 0 saturated carbocycles. The Balaban J connectivity index is 2.01. The largest absolute Gasteiger partial charge is 0.481 e. The quantitative estimate of drug-likeness (QED) is 0.783. The monoisotopic (exact) mass is 330 g/mol. The fourth-order valence-electron chi connectivity index (χ4n) is 2.27. The van der Waals surface area contributed by atoms with Crippen LogP contribution in [0.2, 0.25) is 0 Å². The number of aryl methyl sites for hydroxylation is 1. The molecule has 2 aromatic rings. The Hall–Kier alpha value is -2.83. The molecule has 0 aliphatic heterocycles. The van der Waals surface area contributed by atoms with Crippen molar-refractivity contribution in [2.45, 2.75) is 39.2 Å². The van der Waals surface area contributed by atoms with E-state index in [1.165, 1.54) is 0 Å². The predicted octanol–water partition coefficient (Wildman–Crippen LogP) is 3.30. The predicted molar refractivity (Wildman–Crippen MR) is 92.3 cm³/mol. The topological polar surface area (TPSA) is 96.3 Å². The van der Waals surface area contributed by atoms with Crippen LogP contribution >= 0.6 is 0 Å². The fourth-order valence-corrected chi connectivity index (χ4v) is 2.27. The molecule has 0 unspecified atom stereocenters. The Morgan fingerprint density at radius 1 is 1.21 bits per heavy atom. The van der Waals surface area contributed by atoms with Gasteiger partial charge >= 0.3 is 12.0 Å². The maximum Gasteiger partial charge on any atom is 0.324 e. The number of benzene rings is 1. The maximum atomic E-state index is 12.2. The highest BCUT2D eigenvalue weighted by Crippen LogP contribution is 2.19. The van der Waals surface area contributed by atoms with Crippen molar-refractivity contribution in [1.29, 1.82) is 0 Å². The minimum Gasteiger partial charge on any atom is -0.481 e. The standard InChI is InChI=1S/C17H22N4O3/c1-17(2,3)21-14(9-10-18-21)20-16(24)19-13-6-4-5-12(11-13)7-8-15(22)23/h4-6,9-11H,7-8H2,1-3H3,(H,22,23)(H2,19,20,24). The Labute approximate surface area is 140 Å². The highest BCUT2D eigenvalue weighted by Gasteiger charge is 2.18. The number of carboxylic acids is 1. The molecular formula is C17H22N4O3. The van der Waals surface area contributed by atoms with Gasteiger partial charge in [0, 0.05) is 18.2 Å². The van der Waals surface area contributed by atoms with Crippen LogP contribution in [0.15, 0.2) is 36.5 Å². The molecule has 0 spiro atoms. The first-order chi connectivity index (χ1) is 11.3. The van der Waals surface area contributed by atoms with E-state index in [4.69, 9.17) is 5.11 Å². The third-order valence-electron chi connectivity index (χ3n) is 3.33. The van der Waals surface area contributed by atoms with Gasteiger partial charge in [-0.1, -0.05) is 12.1 Å². The molecular weight excluding hydrogens is 308 g/mol. The molecule has 0 fully saturated rings. The van der Waals surface area contributed by atoms with Crippen molar-refractivity contribution in [3.8, 4) is 0 Å². The van der Waals surface area contributed by atoms with Gasteiger partial charge in [-0.15, -0.1) is 0 Å². The number of hydrogen-bond donors (Lipinski definition) is 3. The molecule has 0 aliphatic rings. The van der Waals surface area contributed by atoms with Crippen LogP contribution in [0.1, 0.15) is 32.8 Å². The summed E-state index contributed by atoms with van der Waals surface area (Å²) < 4.78 is 1.73. The maximum absolute atomic E-state index is 12.2. The van der Waals surface area contributed by atoms with Gasteiger partial charge in [0.15, 0.2) is 0 Å². The van der Waals surface area contributed by atoms with E-state index in [1.54, 1.807) is 35.1 Å². The molecule has 24 heavy (non-hydrogen) atoms. The molecule has 3 N–H and O–H groups in total. The average molecular weight is 330 g/mol. The van der Waals surface area contributed by atoms with Gasteiger partial charge in [0.05, 0.1) is 11.7 Å². The van der Waals surface area contributed by atoms with Crippen LogP contribution in [-0.2, 0) is 16.8 Å². The van der Waals surface area contributed by atoms with Crippen LogP contribution in [-0.4, -0.2) is 26.9 Å². The van der Waals surface area contributed by atoms with E-state index in [0.29, 0.717) is 17.9 Å². The second-order valence-corrected chi connectivity index (χ2v) is 6.47. The van der Waals surface area contributed by atoms with Gasteiger partial charge in [-0.3, -0.25) is 10.1 Å². The number of carbonyl (C=O) groups is 2. The van der Waals surface area contributed by atoms with Gasteiger partial charge in [0.1, 0.15) is 5.82 Å². The third-order valence-corrected chi connectivity index (χ3v) is 3.33. The summed E-state index contributed by atoms with van der Waals surface area (Å²) in [7, 11) is 0. The summed E-state index contributed by atoms with van der Waals surface area (Å²) in [5.74, 6) is -0.247. The van der Waals surface area contributed by atoms with Crippen molar-refractivity contribution in [3.05, 3.63) is 42.1 Å². The van der Waals surface area contributed by atoms with Crippen molar-refractivity contribution in [1.82, 2.24) is 9.78 Å². The highest BCUT2D eigenvalue weighted by molar-refractivity contribution is 5.99. The van der Waals surface area contributed by atoms with E-state index in [0.717, 1.165) is 5.56 Å². The third kappa shape index (κ3) is 4.84. The molecule has 7 heteroatoms. The van der Waals surface area contributed by atoms with Crippen LogP contribution < -0.4 is 10.6 Å². The lowest BCUT2D eigenvalue weighted by molar-refractivity contribution is -0.136. The van der Waals surface area contributed by atoms with E-state index in [9.17, 15) is 9.59 Å². The summed E-state index contributed by atoms with van der Waals surface area (Å²) in [5.41, 5.74) is 1.22. The Morgan fingerprint density at radius 2 is 1.96 bits per heavy atom. The lowest BCUT2D eigenvalue weighted by atomic mass is 10.1. The molecule has 0 atom stereocenters. The second kappa shape index (κ2) is 7.16. The van der Waals surface area contributed by atoms with Gasteiger partial charge < -0.3 is 10.4 Å². The molecule has 0 aliphatic carbocycles. The number of carbonyl (C=O) groups excluding carboxylic acids is 1.